The average Bonchev–Trinajstić information content (AvgIpc) is 3.42. The van der Waals surface area contributed by atoms with Crippen LogP contribution in [-0.4, -0.2) is 77.5 Å². The lowest BCUT2D eigenvalue weighted by atomic mass is 9.52. The van der Waals surface area contributed by atoms with Crippen LogP contribution in [-0.2, 0) is 47.7 Å². The van der Waals surface area contributed by atoms with Crippen LogP contribution in [0, 0.1) is 35.5 Å². The lowest BCUT2D eigenvalue weighted by molar-refractivity contribution is -0.222. The Bertz CT molecular complexity index is 1100. The molecule has 1 aliphatic heterocycles. The second kappa shape index (κ2) is 8.84. The molecule has 39 heavy (non-hydrogen) atoms. The zero-order chi connectivity index (χ0) is 27.9. The van der Waals surface area contributed by atoms with Gasteiger partial charge in [0.1, 0.15) is 17.8 Å². The van der Waals surface area contributed by atoms with Crippen LogP contribution in [0.25, 0.3) is 0 Å². The fourth-order valence-electron chi connectivity index (χ4n) is 8.65. The van der Waals surface area contributed by atoms with Crippen molar-refractivity contribution in [3.8, 4) is 0 Å². The summed E-state index contributed by atoms with van der Waals surface area (Å²) in [6, 6.07) is 0. The summed E-state index contributed by atoms with van der Waals surface area (Å²) in [7, 11) is 0. The zero-order valence-corrected chi connectivity index (χ0v) is 21.3. The number of aliphatic hydroxyl groups is 1. The number of rotatable bonds is 8. The van der Waals surface area contributed by atoms with Crippen molar-refractivity contribution in [2.24, 2.45) is 35.5 Å². The predicted molar refractivity (Wildman–Crippen MR) is 119 cm³/mol. The second-order valence-corrected chi connectivity index (χ2v) is 12.4. The van der Waals surface area contributed by atoms with Crippen LogP contribution in [0.1, 0.15) is 51.9 Å². The fourth-order valence-corrected chi connectivity index (χ4v) is 8.65. The van der Waals surface area contributed by atoms with E-state index in [0.717, 1.165) is 6.42 Å². The van der Waals surface area contributed by atoms with E-state index in [9.17, 15) is 37.9 Å². The first kappa shape index (κ1) is 26.4. The van der Waals surface area contributed by atoms with E-state index >= 15 is 0 Å². The summed E-state index contributed by atoms with van der Waals surface area (Å²) < 4.78 is 51.9. The lowest BCUT2D eigenvalue weighted by Gasteiger charge is -2.59. The number of hydrogen-bond acceptors (Lipinski definition) is 11. The maximum Gasteiger partial charge on any atom is 0.377 e. The van der Waals surface area contributed by atoms with E-state index in [4.69, 9.17) is 18.9 Å². The number of hydrogen-bond donors (Lipinski definition) is 1. The van der Waals surface area contributed by atoms with Gasteiger partial charge in [-0.25, -0.2) is 14.4 Å². The number of esters is 5. The molecule has 11 nitrogen and oxygen atoms in total. The topological polar surface area (TPSA) is 152 Å². The Labute approximate surface area is 221 Å². The molecule has 1 N–H and O–H groups in total. The molecule has 6 saturated carbocycles. The highest BCUT2D eigenvalue weighted by Crippen LogP contribution is 2.60. The van der Waals surface area contributed by atoms with Gasteiger partial charge in [0.05, 0.1) is 17.4 Å². The van der Waals surface area contributed by atoms with Gasteiger partial charge in [-0.15, -0.1) is 0 Å². The van der Waals surface area contributed by atoms with Crippen LogP contribution in [0.4, 0.5) is 8.78 Å². The monoisotopic (exact) mass is 556 g/mol. The standard InChI is InChI=1S/C26H30F2O11/c1-24(27,28)23(33)36-8-15(29)37-19-13-3-14-18(22(32)38-20(14)19)17(13)21(31)35-9-16(30)39-26-6-11-2-12(7-26)5-25(34,4-11)10-26/h11-14,17-20,34H,2-10H2,1H3. The third-order valence-electron chi connectivity index (χ3n) is 9.40. The van der Waals surface area contributed by atoms with E-state index in [1.165, 1.54) is 0 Å². The summed E-state index contributed by atoms with van der Waals surface area (Å²) >= 11 is 0. The highest BCUT2D eigenvalue weighted by atomic mass is 19.3. The number of carbonyl (C=O) groups excluding carboxylic acids is 5. The van der Waals surface area contributed by atoms with E-state index in [2.05, 4.69) is 4.74 Å². The molecule has 7 rings (SSSR count). The molecule has 8 atom stereocenters. The summed E-state index contributed by atoms with van der Waals surface area (Å²) in [5.74, 6) is -11.3. The molecule has 13 heteroatoms. The van der Waals surface area contributed by atoms with Crippen LogP contribution in [0.15, 0.2) is 0 Å². The van der Waals surface area contributed by atoms with E-state index in [1.54, 1.807) is 0 Å². The van der Waals surface area contributed by atoms with Gasteiger partial charge in [0.2, 0.25) is 0 Å². The summed E-state index contributed by atoms with van der Waals surface area (Å²) in [5.41, 5.74) is -1.59. The molecule has 0 radical (unpaired) electrons. The quantitative estimate of drug-likeness (QED) is 0.338. The maximum atomic E-state index is 13.1. The van der Waals surface area contributed by atoms with Gasteiger partial charge in [-0.3, -0.25) is 9.59 Å². The Morgan fingerprint density at radius 1 is 1.00 bits per heavy atom. The fraction of sp³-hybridized carbons (Fsp3) is 0.808. The minimum Gasteiger partial charge on any atom is -0.458 e. The molecular formula is C26H30F2O11. The summed E-state index contributed by atoms with van der Waals surface area (Å²) in [5, 5.41) is 10.9. The van der Waals surface area contributed by atoms with E-state index in [-0.39, 0.29) is 0 Å². The molecule has 8 unspecified atom stereocenters. The third-order valence-corrected chi connectivity index (χ3v) is 9.40. The normalized spacial score (nSPS) is 42.7. The van der Waals surface area contributed by atoms with Crippen LogP contribution >= 0.6 is 0 Å². The number of ether oxygens (including phenoxy) is 5. The van der Waals surface area contributed by atoms with Crippen molar-refractivity contribution in [2.45, 2.75) is 81.2 Å². The maximum absolute atomic E-state index is 13.1. The minimum atomic E-state index is -3.79. The zero-order valence-electron chi connectivity index (χ0n) is 21.3. The van der Waals surface area contributed by atoms with Crippen LogP contribution in [0.5, 0.6) is 0 Å². The molecule has 7 fully saturated rings. The van der Waals surface area contributed by atoms with E-state index in [1.807, 2.05) is 0 Å². The SMILES string of the molecule is CC(F)(F)C(=O)OCC(=O)OC1C2CC3C1OC(=O)C3C2C(=O)OCC(=O)OC12CC3CC(CC(O)(C3)C1)C2. The molecule has 1 saturated heterocycles. The van der Waals surface area contributed by atoms with Crippen LogP contribution < -0.4 is 0 Å². The molecule has 0 spiro atoms. The number of alkyl halides is 2. The predicted octanol–water partition coefficient (Wildman–Crippen LogP) is 1.07. The van der Waals surface area contributed by atoms with Crippen molar-refractivity contribution in [2.75, 3.05) is 13.2 Å². The van der Waals surface area contributed by atoms with Gasteiger partial charge in [0, 0.05) is 25.2 Å². The van der Waals surface area contributed by atoms with Gasteiger partial charge in [0.25, 0.3) is 0 Å². The first-order chi connectivity index (χ1) is 18.3. The summed E-state index contributed by atoms with van der Waals surface area (Å²) in [4.78, 5) is 61.7. The molecule has 0 aromatic rings. The first-order valence-corrected chi connectivity index (χ1v) is 13.3. The number of fused-ring (bicyclic) bond motifs is 1. The Balaban J connectivity index is 1.06. The molecule has 6 bridgehead atoms. The highest BCUT2D eigenvalue weighted by molar-refractivity contribution is 5.87. The van der Waals surface area contributed by atoms with E-state index in [0.29, 0.717) is 57.3 Å². The van der Waals surface area contributed by atoms with Gasteiger partial charge in [-0.05, 0) is 50.4 Å². The molecule has 7 aliphatic rings. The highest BCUT2D eigenvalue weighted by Gasteiger charge is 2.70. The van der Waals surface area contributed by atoms with Crippen molar-refractivity contribution in [3.05, 3.63) is 0 Å². The molecule has 0 aromatic carbocycles. The van der Waals surface area contributed by atoms with Crippen molar-refractivity contribution >= 4 is 29.8 Å². The smallest absolute Gasteiger partial charge is 0.377 e. The molecular weight excluding hydrogens is 526 g/mol. The second-order valence-electron chi connectivity index (χ2n) is 12.4. The van der Waals surface area contributed by atoms with Crippen molar-refractivity contribution in [1.82, 2.24) is 0 Å². The van der Waals surface area contributed by atoms with Crippen molar-refractivity contribution in [3.63, 3.8) is 0 Å². The van der Waals surface area contributed by atoms with Crippen molar-refractivity contribution in [1.29, 1.82) is 0 Å². The lowest BCUT2D eigenvalue weighted by Crippen LogP contribution is -2.60. The Hall–Kier alpha value is -2.83. The van der Waals surface area contributed by atoms with Gasteiger partial charge in [-0.2, -0.15) is 8.78 Å². The number of halogens is 2. The Morgan fingerprint density at radius 2 is 1.67 bits per heavy atom. The van der Waals surface area contributed by atoms with Crippen LogP contribution in [0.2, 0.25) is 0 Å². The molecule has 214 valence electrons. The van der Waals surface area contributed by atoms with Crippen LogP contribution in [0.3, 0.4) is 0 Å². The largest absolute Gasteiger partial charge is 0.458 e. The average molecular weight is 557 g/mol. The third kappa shape index (κ3) is 4.55. The Kier molecular flexibility index (Phi) is 5.98. The van der Waals surface area contributed by atoms with E-state index < -0.39 is 96.1 Å². The van der Waals surface area contributed by atoms with Gasteiger partial charge in [-0.1, -0.05) is 0 Å². The molecule has 6 aliphatic carbocycles. The summed E-state index contributed by atoms with van der Waals surface area (Å²) in [6.07, 6.45) is 2.60. The van der Waals surface area contributed by atoms with Gasteiger partial charge < -0.3 is 28.8 Å². The molecule has 1 heterocycles. The van der Waals surface area contributed by atoms with Crippen molar-refractivity contribution < 1.29 is 61.5 Å². The summed E-state index contributed by atoms with van der Waals surface area (Å²) in [6.45, 7) is -1.41. The Morgan fingerprint density at radius 3 is 2.31 bits per heavy atom. The number of carbonyl (C=O) groups is 5. The first-order valence-electron chi connectivity index (χ1n) is 13.3. The molecule has 0 aromatic heterocycles. The van der Waals surface area contributed by atoms with Gasteiger partial charge >= 0.3 is 35.8 Å². The minimum absolute atomic E-state index is 0.295. The molecule has 0 amide bonds. The van der Waals surface area contributed by atoms with Gasteiger partial charge in [0.15, 0.2) is 13.2 Å².